The molecule has 0 bridgehead atoms. The van der Waals surface area contributed by atoms with Crippen molar-refractivity contribution in [2.24, 2.45) is 5.92 Å². The molecular weight excluding hydrogens is 282 g/mol. The van der Waals surface area contributed by atoms with Crippen LogP contribution in [0.3, 0.4) is 0 Å². The molecule has 1 N–H and O–H groups in total. The smallest absolute Gasteiger partial charge is 0.224 e. The van der Waals surface area contributed by atoms with Crippen LogP contribution in [0.4, 0.5) is 5.69 Å². The molecule has 0 radical (unpaired) electrons. The largest absolute Gasteiger partial charge is 0.490 e. The van der Waals surface area contributed by atoms with E-state index in [1.54, 1.807) is 0 Å². The number of nitrogens with one attached hydrogen (secondary N) is 1. The Kier molecular flexibility index (Phi) is 6.52. The fourth-order valence-corrected chi connectivity index (χ4v) is 2.55. The summed E-state index contributed by atoms with van der Waals surface area (Å²) in [5.74, 6) is 1.82. The van der Waals surface area contributed by atoms with E-state index < -0.39 is 0 Å². The van der Waals surface area contributed by atoms with Crippen molar-refractivity contribution in [3.63, 3.8) is 0 Å². The molecule has 1 amide bonds. The van der Waals surface area contributed by atoms with Crippen molar-refractivity contribution >= 4 is 11.6 Å². The van der Waals surface area contributed by atoms with E-state index in [1.165, 1.54) is 0 Å². The lowest BCUT2D eigenvalue weighted by Crippen LogP contribution is -2.22. The molecule has 0 spiro atoms. The van der Waals surface area contributed by atoms with Gasteiger partial charge in [0.1, 0.15) is 0 Å². The lowest BCUT2D eigenvalue weighted by molar-refractivity contribution is -0.117. The predicted octanol–water partition coefficient (Wildman–Crippen LogP) is 3.24. The molecule has 22 heavy (non-hydrogen) atoms. The highest BCUT2D eigenvalue weighted by molar-refractivity contribution is 5.91. The molecule has 1 fully saturated rings. The van der Waals surface area contributed by atoms with Crippen LogP contribution < -0.4 is 14.8 Å². The van der Waals surface area contributed by atoms with Gasteiger partial charge in [-0.05, 0) is 44.7 Å². The SMILES string of the molecule is CCOc1ccc(NC(=O)CC2CCOCC2)cc1OCC. The van der Waals surface area contributed by atoms with E-state index in [1.807, 2.05) is 32.0 Å². The predicted molar refractivity (Wildman–Crippen MR) is 85.6 cm³/mol. The van der Waals surface area contributed by atoms with E-state index in [0.717, 1.165) is 31.7 Å². The van der Waals surface area contributed by atoms with Gasteiger partial charge in [0.15, 0.2) is 11.5 Å². The van der Waals surface area contributed by atoms with Crippen molar-refractivity contribution in [1.29, 1.82) is 0 Å². The number of amides is 1. The van der Waals surface area contributed by atoms with E-state index in [-0.39, 0.29) is 5.91 Å². The van der Waals surface area contributed by atoms with Crippen molar-refractivity contribution < 1.29 is 19.0 Å². The van der Waals surface area contributed by atoms with Crippen LogP contribution in [0.1, 0.15) is 33.1 Å². The van der Waals surface area contributed by atoms with Crippen molar-refractivity contribution in [1.82, 2.24) is 0 Å². The third-order valence-corrected chi connectivity index (χ3v) is 3.64. The molecule has 2 rings (SSSR count). The Morgan fingerprint density at radius 2 is 1.86 bits per heavy atom. The lowest BCUT2D eigenvalue weighted by atomic mass is 9.96. The third-order valence-electron chi connectivity index (χ3n) is 3.64. The number of carbonyl (C=O) groups is 1. The van der Waals surface area contributed by atoms with Gasteiger partial charge in [-0.3, -0.25) is 4.79 Å². The molecule has 1 aromatic carbocycles. The van der Waals surface area contributed by atoms with Crippen LogP contribution in [-0.4, -0.2) is 32.3 Å². The summed E-state index contributed by atoms with van der Waals surface area (Å²) in [4.78, 5) is 12.1. The van der Waals surface area contributed by atoms with E-state index in [9.17, 15) is 4.79 Å². The van der Waals surface area contributed by atoms with Crippen LogP contribution >= 0.6 is 0 Å². The summed E-state index contributed by atoms with van der Waals surface area (Å²) in [6, 6.07) is 5.49. The fraction of sp³-hybridized carbons (Fsp3) is 0.588. The Morgan fingerprint density at radius 3 is 2.55 bits per heavy atom. The maximum absolute atomic E-state index is 12.1. The van der Waals surface area contributed by atoms with Crippen LogP contribution in [0.2, 0.25) is 0 Å². The van der Waals surface area contributed by atoms with E-state index >= 15 is 0 Å². The summed E-state index contributed by atoms with van der Waals surface area (Å²) in [6.07, 6.45) is 2.46. The van der Waals surface area contributed by atoms with Gasteiger partial charge in [0.25, 0.3) is 0 Å². The molecule has 0 aliphatic carbocycles. The third kappa shape index (κ3) is 4.91. The molecule has 0 saturated carbocycles. The normalized spacial score (nSPS) is 15.4. The zero-order valence-corrected chi connectivity index (χ0v) is 13.4. The molecule has 5 nitrogen and oxygen atoms in total. The number of hydrogen-bond acceptors (Lipinski definition) is 4. The second kappa shape index (κ2) is 8.63. The first-order valence-electron chi connectivity index (χ1n) is 8.00. The van der Waals surface area contributed by atoms with Gasteiger partial charge in [0, 0.05) is 31.4 Å². The molecule has 0 atom stereocenters. The molecule has 1 aliphatic heterocycles. The minimum absolute atomic E-state index is 0.0403. The van der Waals surface area contributed by atoms with Crippen LogP contribution in [0.15, 0.2) is 18.2 Å². The first-order valence-corrected chi connectivity index (χ1v) is 8.00. The Labute approximate surface area is 131 Å². The average molecular weight is 307 g/mol. The maximum atomic E-state index is 12.1. The Hall–Kier alpha value is -1.75. The first-order chi connectivity index (χ1) is 10.7. The number of hydrogen-bond donors (Lipinski definition) is 1. The monoisotopic (exact) mass is 307 g/mol. The van der Waals surface area contributed by atoms with Crippen molar-refractivity contribution in [3.05, 3.63) is 18.2 Å². The highest BCUT2D eigenvalue weighted by Gasteiger charge is 2.17. The zero-order chi connectivity index (χ0) is 15.8. The first kappa shape index (κ1) is 16.6. The Balaban J connectivity index is 1.95. The van der Waals surface area contributed by atoms with Gasteiger partial charge in [-0.2, -0.15) is 0 Å². The van der Waals surface area contributed by atoms with Gasteiger partial charge in [-0.25, -0.2) is 0 Å². The van der Waals surface area contributed by atoms with Crippen LogP contribution in [0, 0.1) is 5.92 Å². The molecule has 0 unspecified atom stereocenters. The van der Waals surface area contributed by atoms with Crippen molar-refractivity contribution in [2.45, 2.75) is 33.1 Å². The highest BCUT2D eigenvalue weighted by atomic mass is 16.5. The maximum Gasteiger partial charge on any atom is 0.224 e. The van der Waals surface area contributed by atoms with Crippen LogP contribution in [0.25, 0.3) is 0 Å². The topological polar surface area (TPSA) is 56.8 Å². The number of ether oxygens (including phenoxy) is 3. The number of anilines is 1. The molecule has 5 heteroatoms. The number of rotatable bonds is 7. The lowest BCUT2D eigenvalue weighted by Gasteiger charge is -2.21. The second-order valence-electron chi connectivity index (χ2n) is 5.34. The second-order valence-corrected chi connectivity index (χ2v) is 5.34. The summed E-state index contributed by atoms with van der Waals surface area (Å²) in [7, 11) is 0. The standard InChI is InChI=1S/C17H25NO4/c1-3-21-15-6-5-14(12-16(15)22-4-2)18-17(19)11-13-7-9-20-10-8-13/h5-6,12-13H,3-4,7-11H2,1-2H3,(H,18,19). The van der Waals surface area contributed by atoms with Crippen molar-refractivity contribution in [2.75, 3.05) is 31.7 Å². The van der Waals surface area contributed by atoms with E-state index in [4.69, 9.17) is 14.2 Å². The van der Waals surface area contributed by atoms with Gasteiger partial charge in [0.2, 0.25) is 5.91 Å². The summed E-state index contributed by atoms with van der Waals surface area (Å²) in [5, 5.41) is 2.94. The molecule has 0 aromatic heterocycles. The zero-order valence-electron chi connectivity index (χ0n) is 13.4. The summed E-state index contributed by atoms with van der Waals surface area (Å²) in [5.41, 5.74) is 0.740. The number of carbonyl (C=O) groups excluding carboxylic acids is 1. The molecule has 1 heterocycles. The fourth-order valence-electron chi connectivity index (χ4n) is 2.55. The Bertz CT molecular complexity index is 484. The highest BCUT2D eigenvalue weighted by Crippen LogP contribution is 2.31. The van der Waals surface area contributed by atoms with Gasteiger partial charge in [-0.1, -0.05) is 0 Å². The number of benzene rings is 1. The molecule has 1 aromatic rings. The van der Waals surface area contributed by atoms with Crippen molar-refractivity contribution in [3.8, 4) is 11.5 Å². The minimum atomic E-state index is 0.0403. The quantitative estimate of drug-likeness (QED) is 0.840. The van der Waals surface area contributed by atoms with Gasteiger partial charge >= 0.3 is 0 Å². The van der Waals surface area contributed by atoms with Crippen LogP contribution in [0.5, 0.6) is 11.5 Å². The average Bonchev–Trinajstić information content (AvgIpc) is 2.51. The van der Waals surface area contributed by atoms with E-state index in [0.29, 0.717) is 37.1 Å². The van der Waals surface area contributed by atoms with E-state index in [2.05, 4.69) is 5.32 Å². The summed E-state index contributed by atoms with van der Waals surface area (Å²) < 4.78 is 16.4. The summed E-state index contributed by atoms with van der Waals surface area (Å²) in [6.45, 7) is 6.51. The molecule has 122 valence electrons. The van der Waals surface area contributed by atoms with Crippen LogP contribution in [-0.2, 0) is 9.53 Å². The molecular formula is C17H25NO4. The van der Waals surface area contributed by atoms with Gasteiger partial charge < -0.3 is 19.5 Å². The summed E-state index contributed by atoms with van der Waals surface area (Å²) >= 11 is 0. The molecule has 1 saturated heterocycles. The van der Waals surface area contributed by atoms with Gasteiger partial charge in [0.05, 0.1) is 13.2 Å². The minimum Gasteiger partial charge on any atom is -0.490 e. The Morgan fingerprint density at radius 1 is 1.18 bits per heavy atom. The molecule has 1 aliphatic rings. The van der Waals surface area contributed by atoms with Gasteiger partial charge in [-0.15, -0.1) is 0 Å².